The minimum atomic E-state index is -0.944. The SMILES string of the molecule is Nc1ccc(Br)cc1C(O)C(O)CCBr. The van der Waals surface area contributed by atoms with Crippen molar-refractivity contribution in [2.24, 2.45) is 0 Å². The van der Waals surface area contributed by atoms with E-state index in [1.807, 2.05) is 0 Å². The lowest BCUT2D eigenvalue weighted by Crippen LogP contribution is -2.19. The maximum atomic E-state index is 9.85. The van der Waals surface area contributed by atoms with E-state index in [4.69, 9.17) is 5.73 Å². The van der Waals surface area contributed by atoms with Crippen molar-refractivity contribution in [2.75, 3.05) is 11.1 Å². The van der Waals surface area contributed by atoms with Crippen LogP contribution in [0.2, 0.25) is 0 Å². The van der Waals surface area contributed by atoms with Gasteiger partial charge < -0.3 is 15.9 Å². The van der Waals surface area contributed by atoms with Crippen LogP contribution in [0.3, 0.4) is 0 Å². The summed E-state index contributed by atoms with van der Waals surface area (Å²) in [6.45, 7) is 0. The van der Waals surface area contributed by atoms with Gasteiger partial charge in [0.15, 0.2) is 0 Å². The lowest BCUT2D eigenvalue weighted by molar-refractivity contribution is 0.0177. The van der Waals surface area contributed by atoms with Crippen LogP contribution in [0, 0.1) is 0 Å². The molecule has 0 heterocycles. The van der Waals surface area contributed by atoms with E-state index in [1.54, 1.807) is 18.2 Å². The molecule has 5 heteroatoms. The molecular weight excluding hydrogens is 326 g/mol. The summed E-state index contributed by atoms with van der Waals surface area (Å²) >= 11 is 6.51. The van der Waals surface area contributed by atoms with Gasteiger partial charge in [-0.25, -0.2) is 0 Å². The van der Waals surface area contributed by atoms with Crippen molar-refractivity contribution >= 4 is 37.5 Å². The van der Waals surface area contributed by atoms with Crippen LogP contribution in [0.4, 0.5) is 5.69 Å². The zero-order valence-corrected chi connectivity index (χ0v) is 11.2. The molecule has 1 aromatic carbocycles. The normalized spacial score (nSPS) is 14.9. The second kappa shape index (κ2) is 5.84. The second-order valence-corrected chi connectivity index (χ2v) is 4.97. The highest BCUT2D eigenvalue weighted by Gasteiger charge is 2.19. The van der Waals surface area contributed by atoms with Crippen LogP contribution < -0.4 is 5.73 Å². The molecule has 2 atom stereocenters. The molecule has 3 nitrogen and oxygen atoms in total. The highest BCUT2D eigenvalue weighted by molar-refractivity contribution is 9.10. The highest BCUT2D eigenvalue weighted by Crippen LogP contribution is 2.27. The number of anilines is 1. The van der Waals surface area contributed by atoms with Gasteiger partial charge in [-0.3, -0.25) is 0 Å². The number of nitrogens with two attached hydrogens (primary N) is 1. The minimum absolute atomic E-state index is 0.479. The maximum absolute atomic E-state index is 9.85. The molecule has 0 saturated heterocycles. The van der Waals surface area contributed by atoms with Crippen molar-refractivity contribution < 1.29 is 10.2 Å². The van der Waals surface area contributed by atoms with E-state index in [9.17, 15) is 10.2 Å². The summed E-state index contributed by atoms with van der Waals surface area (Å²) in [6.07, 6.45) is -1.27. The van der Waals surface area contributed by atoms with E-state index in [-0.39, 0.29) is 0 Å². The fourth-order valence-corrected chi connectivity index (χ4v) is 2.13. The molecule has 84 valence electrons. The maximum Gasteiger partial charge on any atom is 0.107 e. The Kier molecular flexibility index (Phi) is 5.05. The largest absolute Gasteiger partial charge is 0.398 e. The Balaban J connectivity index is 2.89. The lowest BCUT2D eigenvalue weighted by atomic mass is 10.0. The fraction of sp³-hybridized carbons (Fsp3) is 0.400. The van der Waals surface area contributed by atoms with Crippen molar-refractivity contribution in [1.29, 1.82) is 0 Å². The van der Waals surface area contributed by atoms with Crippen LogP contribution in [0.5, 0.6) is 0 Å². The number of aliphatic hydroxyl groups is 2. The standard InChI is InChI=1S/C10H13Br2NO2/c11-4-3-9(14)10(15)7-5-6(12)1-2-8(7)13/h1-2,5,9-10,14-15H,3-4,13H2. The number of nitrogen functional groups attached to an aromatic ring is 1. The zero-order valence-electron chi connectivity index (χ0n) is 8.03. The van der Waals surface area contributed by atoms with Gasteiger partial charge in [0.2, 0.25) is 0 Å². The number of benzene rings is 1. The number of hydrogen-bond acceptors (Lipinski definition) is 3. The van der Waals surface area contributed by atoms with Crippen molar-refractivity contribution in [3.05, 3.63) is 28.2 Å². The number of halogens is 2. The van der Waals surface area contributed by atoms with E-state index in [0.717, 1.165) is 4.47 Å². The van der Waals surface area contributed by atoms with Gasteiger partial charge in [0.25, 0.3) is 0 Å². The Labute approximate surface area is 106 Å². The molecule has 0 saturated carbocycles. The van der Waals surface area contributed by atoms with Gasteiger partial charge in [0, 0.05) is 21.1 Å². The molecule has 0 fully saturated rings. The molecule has 0 aliphatic heterocycles. The lowest BCUT2D eigenvalue weighted by Gasteiger charge is -2.19. The first-order valence-corrected chi connectivity index (χ1v) is 6.44. The van der Waals surface area contributed by atoms with E-state index >= 15 is 0 Å². The number of rotatable bonds is 4. The quantitative estimate of drug-likeness (QED) is 0.582. The van der Waals surface area contributed by atoms with Crippen LogP contribution in [0.1, 0.15) is 18.1 Å². The van der Waals surface area contributed by atoms with Crippen LogP contribution in [0.15, 0.2) is 22.7 Å². The van der Waals surface area contributed by atoms with Gasteiger partial charge in [-0.15, -0.1) is 0 Å². The fourth-order valence-electron chi connectivity index (χ4n) is 1.28. The smallest absolute Gasteiger partial charge is 0.107 e. The molecule has 0 spiro atoms. The van der Waals surface area contributed by atoms with Gasteiger partial charge in [-0.1, -0.05) is 31.9 Å². The Morgan fingerprint density at radius 3 is 2.60 bits per heavy atom. The zero-order chi connectivity index (χ0) is 11.4. The summed E-state index contributed by atoms with van der Waals surface area (Å²) in [6, 6.07) is 5.21. The van der Waals surface area contributed by atoms with Crippen molar-refractivity contribution in [1.82, 2.24) is 0 Å². The van der Waals surface area contributed by atoms with Gasteiger partial charge in [-0.2, -0.15) is 0 Å². The Morgan fingerprint density at radius 2 is 2.00 bits per heavy atom. The van der Waals surface area contributed by atoms with E-state index in [0.29, 0.717) is 23.0 Å². The summed E-state index contributed by atoms with van der Waals surface area (Å²) in [5, 5.41) is 20.1. The minimum Gasteiger partial charge on any atom is -0.398 e. The summed E-state index contributed by atoms with van der Waals surface area (Å²) in [7, 11) is 0. The first-order chi connectivity index (χ1) is 7.06. The molecule has 0 aliphatic carbocycles. The molecule has 0 aliphatic rings. The van der Waals surface area contributed by atoms with Crippen molar-refractivity contribution in [2.45, 2.75) is 18.6 Å². The van der Waals surface area contributed by atoms with Crippen molar-refractivity contribution in [3.63, 3.8) is 0 Å². The molecule has 0 aromatic heterocycles. The molecule has 2 unspecified atom stereocenters. The van der Waals surface area contributed by atoms with Gasteiger partial charge >= 0.3 is 0 Å². The molecule has 0 radical (unpaired) electrons. The summed E-state index contributed by atoms with van der Waals surface area (Å²) in [4.78, 5) is 0. The van der Waals surface area contributed by atoms with Gasteiger partial charge in [0.05, 0.1) is 6.10 Å². The molecule has 15 heavy (non-hydrogen) atoms. The molecule has 1 rings (SSSR count). The van der Waals surface area contributed by atoms with Crippen LogP contribution in [0.25, 0.3) is 0 Å². The average molecular weight is 339 g/mol. The third kappa shape index (κ3) is 3.45. The topological polar surface area (TPSA) is 66.5 Å². The summed E-state index contributed by atoms with van der Waals surface area (Å²) in [5.41, 5.74) is 6.76. The third-order valence-electron chi connectivity index (χ3n) is 2.14. The molecule has 4 N–H and O–H groups in total. The number of hydrogen-bond donors (Lipinski definition) is 3. The monoisotopic (exact) mass is 337 g/mol. The molecular formula is C10H13Br2NO2. The Hall–Kier alpha value is -0.100. The van der Waals surface area contributed by atoms with Crippen molar-refractivity contribution in [3.8, 4) is 0 Å². The first kappa shape index (κ1) is 13.0. The molecule has 1 aromatic rings. The predicted octanol–water partition coefficient (Wildman–Crippen LogP) is 2.21. The highest BCUT2D eigenvalue weighted by atomic mass is 79.9. The average Bonchev–Trinajstić information content (AvgIpc) is 2.21. The Bertz CT molecular complexity index is 333. The number of alkyl halides is 1. The van der Waals surface area contributed by atoms with Crippen LogP contribution in [-0.4, -0.2) is 21.6 Å². The van der Waals surface area contributed by atoms with Crippen LogP contribution >= 0.6 is 31.9 Å². The van der Waals surface area contributed by atoms with E-state index in [2.05, 4.69) is 31.9 Å². The summed E-state index contributed by atoms with van der Waals surface area (Å²) < 4.78 is 0.830. The first-order valence-electron chi connectivity index (χ1n) is 4.53. The van der Waals surface area contributed by atoms with Crippen LogP contribution in [-0.2, 0) is 0 Å². The Morgan fingerprint density at radius 1 is 1.33 bits per heavy atom. The van der Waals surface area contributed by atoms with Gasteiger partial charge in [-0.05, 0) is 24.6 Å². The molecule has 0 bridgehead atoms. The third-order valence-corrected chi connectivity index (χ3v) is 3.09. The van der Waals surface area contributed by atoms with E-state index in [1.165, 1.54) is 0 Å². The predicted molar refractivity (Wildman–Crippen MR) is 67.9 cm³/mol. The second-order valence-electron chi connectivity index (χ2n) is 3.26. The summed E-state index contributed by atoms with van der Waals surface area (Å²) in [5.74, 6) is 0. The van der Waals surface area contributed by atoms with Gasteiger partial charge in [0.1, 0.15) is 6.10 Å². The molecule has 0 amide bonds. The van der Waals surface area contributed by atoms with E-state index < -0.39 is 12.2 Å². The number of aliphatic hydroxyl groups excluding tert-OH is 2.